The zero-order valence-corrected chi connectivity index (χ0v) is 7.35. The maximum absolute atomic E-state index is 3.38. The van der Waals surface area contributed by atoms with Crippen LogP contribution in [0, 0.1) is 11.8 Å². The van der Waals surface area contributed by atoms with Gasteiger partial charge in [0.25, 0.3) is 0 Å². The number of rotatable bonds is 1. The van der Waals surface area contributed by atoms with Crippen LogP contribution in [-0.4, -0.2) is 13.1 Å². The molecule has 1 rings (SSSR count). The predicted molar refractivity (Wildman–Crippen MR) is 45.0 cm³/mol. The van der Waals surface area contributed by atoms with Crippen molar-refractivity contribution in [3.8, 4) is 0 Å². The van der Waals surface area contributed by atoms with Crippen molar-refractivity contribution in [3.05, 3.63) is 0 Å². The van der Waals surface area contributed by atoms with Gasteiger partial charge < -0.3 is 5.32 Å². The van der Waals surface area contributed by atoms with Gasteiger partial charge in [-0.05, 0) is 25.3 Å². The molecule has 0 aliphatic heterocycles. The summed E-state index contributed by atoms with van der Waals surface area (Å²) < 4.78 is 0. The molecular weight excluding hydrogens is 122 g/mol. The predicted octanol–water partition coefficient (Wildman–Crippen LogP) is 2.03. The van der Waals surface area contributed by atoms with Gasteiger partial charge in [-0.3, -0.25) is 0 Å². The van der Waals surface area contributed by atoms with Crippen molar-refractivity contribution < 1.29 is 0 Å². The van der Waals surface area contributed by atoms with Crippen LogP contribution in [0.1, 0.15) is 33.1 Å². The standard InChI is InChI=1S/C9H19N/c1-7-5-4-6-9(10-3)8(7)2/h7-10H,4-6H2,1-3H3/t7-,8-,9+/m0/s1. The average molecular weight is 141 g/mol. The van der Waals surface area contributed by atoms with Crippen LogP contribution in [0.2, 0.25) is 0 Å². The van der Waals surface area contributed by atoms with Gasteiger partial charge in [-0.25, -0.2) is 0 Å². The summed E-state index contributed by atoms with van der Waals surface area (Å²) >= 11 is 0. The van der Waals surface area contributed by atoms with Crippen LogP contribution in [0.3, 0.4) is 0 Å². The van der Waals surface area contributed by atoms with Crippen molar-refractivity contribution in [2.75, 3.05) is 7.05 Å². The molecule has 3 atom stereocenters. The summed E-state index contributed by atoms with van der Waals surface area (Å²) in [5, 5.41) is 3.38. The van der Waals surface area contributed by atoms with Gasteiger partial charge in [-0.2, -0.15) is 0 Å². The van der Waals surface area contributed by atoms with Crippen molar-refractivity contribution in [3.63, 3.8) is 0 Å². The smallest absolute Gasteiger partial charge is 0.00922 e. The third-order valence-electron chi connectivity index (χ3n) is 3.08. The molecule has 0 spiro atoms. The highest BCUT2D eigenvalue weighted by molar-refractivity contribution is 4.80. The monoisotopic (exact) mass is 141 g/mol. The molecule has 1 fully saturated rings. The van der Waals surface area contributed by atoms with E-state index in [2.05, 4.69) is 26.2 Å². The summed E-state index contributed by atoms with van der Waals surface area (Å²) in [7, 11) is 2.08. The summed E-state index contributed by atoms with van der Waals surface area (Å²) in [6.45, 7) is 4.74. The van der Waals surface area contributed by atoms with Crippen LogP contribution in [0.15, 0.2) is 0 Å². The van der Waals surface area contributed by atoms with Crippen LogP contribution in [0.5, 0.6) is 0 Å². The number of hydrogen-bond acceptors (Lipinski definition) is 1. The average Bonchev–Trinajstić information content (AvgIpc) is 1.95. The minimum Gasteiger partial charge on any atom is -0.317 e. The molecule has 0 amide bonds. The quantitative estimate of drug-likeness (QED) is 0.589. The van der Waals surface area contributed by atoms with Crippen LogP contribution < -0.4 is 5.32 Å². The highest BCUT2D eigenvalue weighted by Gasteiger charge is 2.25. The maximum atomic E-state index is 3.38. The summed E-state index contributed by atoms with van der Waals surface area (Å²) in [6, 6.07) is 0.781. The normalized spacial score (nSPS) is 41.7. The van der Waals surface area contributed by atoms with Crippen molar-refractivity contribution >= 4 is 0 Å². The van der Waals surface area contributed by atoms with E-state index in [0.717, 1.165) is 17.9 Å². The molecule has 0 heterocycles. The van der Waals surface area contributed by atoms with Gasteiger partial charge >= 0.3 is 0 Å². The fourth-order valence-corrected chi connectivity index (χ4v) is 1.99. The molecule has 0 radical (unpaired) electrons. The van der Waals surface area contributed by atoms with E-state index < -0.39 is 0 Å². The molecule has 1 aliphatic rings. The summed E-state index contributed by atoms with van der Waals surface area (Å²) in [5.74, 6) is 1.80. The molecule has 0 saturated heterocycles. The van der Waals surface area contributed by atoms with E-state index in [-0.39, 0.29) is 0 Å². The van der Waals surface area contributed by atoms with E-state index in [1.807, 2.05) is 0 Å². The Morgan fingerprint density at radius 1 is 1.20 bits per heavy atom. The first-order valence-electron chi connectivity index (χ1n) is 4.43. The number of nitrogens with one attached hydrogen (secondary N) is 1. The van der Waals surface area contributed by atoms with Gasteiger partial charge in [0, 0.05) is 6.04 Å². The molecule has 0 unspecified atom stereocenters. The lowest BCUT2D eigenvalue weighted by Crippen LogP contribution is -2.38. The SMILES string of the molecule is CN[C@@H]1CCC[C@H](C)[C@@H]1C. The number of hydrogen-bond donors (Lipinski definition) is 1. The Balaban J connectivity index is 2.42. The second kappa shape index (κ2) is 3.38. The largest absolute Gasteiger partial charge is 0.317 e. The molecule has 0 aromatic heterocycles. The Morgan fingerprint density at radius 2 is 1.90 bits per heavy atom. The molecule has 1 nitrogen and oxygen atoms in total. The maximum Gasteiger partial charge on any atom is 0.00922 e. The van der Waals surface area contributed by atoms with E-state index in [1.165, 1.54) is 19.3 Å². The highest BCUT2D eigenvalue weighted by atomic mass is 14.9. The van der Waals surface area contributed by atoms with Gasteiger partial charge in [-0.15, -0.1) is 0 Å². The van der Waals surface area contributed by atoms with Crippen molar-refractivity contribution in [2.24, 2.45) is 11.8 Å². The van der Waals surface area contributed by atoms with Crippen LogP contribution in [0.25, 0.3) is 0 Å². The Kier molecular flexibility index (Phi) is 2.72. The molecule has 0 aromatic rings. The van der Waals surface area contributed by atoms with E-state index in [9.17, 15) is 0 Å². The minimum atomic E-state index is 0.781. The van der Waals surface area contributed by atoms with Gasteiger partial charge in [0.2, 0.25) is 0 Å². The van der Waals surface area contributed by atoms with E-state index in [0.29, 0.717) is 0 Å². The second-order valence-corrected chi connectivity index (χ2v) is 3.66. The Morgan fingerprint density at radius 3 is 2.40 bits per heavy atom. The molecule has 60 valence electrons. The zero-order valence-electron chi connectivity index (χ0n) is 7.35. The molecule has 1 heteroatoms. The van der Waals surface area contributed by atoms with Crippen LogP contribution in [0.4, 0.5) is 0 Å². The molecule has 0 aromatic carbocycles. The first-order valence-corrected chi connectivity index (χ1v) is 4.43. The van der Waals surface area contributed by atoms with Crippen LogP contribution in [-0.2, 0) is 0 Å². The molecule has 1 aliphatic carbocycles. The summed E-state index contributed by atoms with van der Waals surface area (Å²) in [6.07, 6.45) is 4.22. The summed E-state index contributed by atoms with van der Waals surface area (Å²) in [5.41, 5.74) is 0. The molecule has 1 N–H and O–H groups in total. The van der Waals surface area contributed by atoms with Crippen LogP contribution >= 0.6 is 0 Å². The van der Waals surface area contributed by atoms with Gasteiger partial charge in [0.15, 0.2) is 0 Å². The zero-order chi connectivity index (χ0) is 7.56. The minimum absolute atomic E-state index is 0.781. The lowest BCUT2D eigenvalue weighted by Gasteiger charge is -2.33. The lowest BCUT2D eigenvalue weighted by molar-refractivity contribution is 0.215. The first-order chi connectivity index (χ1) is 4.75. The van der Waals surface area contributed by atoms with Gasteiger partial charge in [0.1, 0.15) is 0 Å². The van der Waals surface area contributed by atoms with Gasteiger partial charge in [0.05, 0.1) is 0 Å². The lowest BCUT2D eigenvalue weighted by atomic mass is 9.78. The third-order valence-corrected chi connectivity index (χ3v) is 3.08. The van der Waals surface area contributed by atoms with Crippen molar-refractivity contribution in [2.45, 2.75) is 39.2 Å². The molecule has 10 heavy (non-hydrogen) atoms. The van der Waals surface area contributed by atoms with E-state index in [4.69, 9.17) is 0 Å². The van der Waals surface area contributed by atoms with Crippen molar-refractivity contribution in [1.29, 1.82) is 0 Å². The molecular formula is C9H19N. The Hall–Kier alpha value is -0.0400. The first kappa shape index (κ1) is 8.06. The van der Waals surface area contributed by atoms with Crippen molar-refractivity contribution in [1.82, 2.24) is 5.32 Å². The summed E-state index contributed by atoms with van der Waals surface area (Å²) in [4.78, 5) is 0. The van der Waals surface area contributed by atoms with E-state index in [1.54, 1.807) is 0 Å². The highest BCUT2D eigenvalue weighted by Crippen LogP contribution is 2.28. The van der Waals surface area contributed by atoms with E-state index >= 15 is 0 Å². The Bertz CT molecular complexity index is 101. The molecule has 0 bridgehead atoms. The topological polar surface area (TPSA) is 12.0 Å². The fourth-order valence-electron chi connectivity index (χ4n) is 1.99. The Labute approximate surface area is 64.2 Å². The third kappa shape index (κ3) is 1.51. The molecule has 1 saturated carbocycles. The second-order valence-electron chi connectivity index (χ2n) is 3.66. The fraction of sp³-hybridized carbons (Fsp3) is 1.00. The van der Waals surface area contributed by atoms with Gasteiger partial charge in [-0.1, -0.05) is 26.7 Å².